The van der Waals surface area contributed by atoms with Gasteiger partial charge in [0.05, 0.1) is 0 Å². The van der Waals surface area contributed by atoms with Gasteiger partial charge < -0.3 is 10.1 Å². The fraction of sp³-hybridized carbons (Fsp3) is 0.200. The first-order chi connectivity index (χ1) is 8.72. The number of hydrogen-bond donors (Lipinski definition) is 1. The summed E-state index contributed by atoms with van der Waals surface area (Å²) in [5.74, 6) is 0.906. The number of nitrogens with one attached hydrogen (secondary N) is 1. The predicted molar refractivity (Wildman–Crippen MR) is 80.3 cm³/mol. The maximum Gasteiger partial charge on any atom is 0.124 e. The quantitative estimate of drug-likeness (QED) is 0.906. The monoisotopic (exact) mass is 305 g/mol. The summed E-state index contributed by atoms with van der Waals surface area (Å²) in [7, 11) is 1.94. The van der Waals surface area contributed by atoms with Crippen molar-refractivity contribution in [2.24, 2.45) is 0 Å². The van der Waals surface area contributed by atoms with Gasteiger partial charge in [0.15, 0.2) is 0 Å². The Bertz CT molecular complexity index is 565. The number of fused-ring (bicyclic) bond motifs is 1. The fourth-order valence-corrected chi connectivity index (χ4v) is 2.08. The van der Waals surface area contributed by atoms with E-state index < -0.39 is 0 Å². The molecule has 0 unspecified atom stereocenters. The highest BCUT2D eigenvalue weighted by atomic mass is 79.9. The topological polar surface area (TPSA) is 21.3 Å². The van der Waals surface area contributed by atoms with Gasteiger partial charge in [-0.25, -0.2) is 0 Å². The van der Waals surface area contributed by atoms with Crippen LogP contribution < -0.4 is 10.1 Å². The lowest BCUT2D eigenvalue weighted by Gasteiger charge is -2.13. The molecule has 0 saturated heterocycles. The molecule has 0 aliphatic rings. The van der Waals surface area contributed by atoms with Crippen LogP contribution in [0.3, 0.4) is 0 Å². The number of ether oxygens (including phenoxy) is 1. The summed E-state index contributed by atoms with van der Waals surface area (Å²) in [4.78, 5) is 0. The van der Waals surface area contributed by atoms with Crippen LogP contribution in [0.4, 0.5) is 0 Å². The first kappa shape index (κ1) is 13.1. The van der Waals surface area contributed by atoms with Gasteiger partial charge in [-0.2, -0.15) is 0 Å². The van der Waals surface area contributed by atoms with Crippen LogP contribution >= 0.6 is 15.9 Å². The molecular formula is C15H16BrNO. The van der Waals surface area contributed by atoms with E-state index in [0.29, 0.717) is 6.61 Å². The normalized spacial score (nSPS) is 10.6. The Morgan fingerprint density at radius 3 is 2.78 bits per heavy atom. The van der Waals surface area contributed by atoms with Crippen molar-refractivity contribution in [3.05, 3.63) is 53.0 Å². The third kappa shape index (κ3) is 2.92. The molecule has 0 radical (unpaired) electrons. The maximum atomic E-state index is 5.77. The molecule has 0 aromatic heterocycles. The molecule has 2 rings (SSSR count). The third-order valence-corrected chi connectivity index (χ3v) is 2.96. The lowest BCUT2D eigenvalue weighted by atomic mass is 10.0. The summed E-state index contributed by atoms with van der Waals surface area (Å²) in [5.41, 5.74) is 1.18. The van der Waals surface area contributed by atoms with Crippen molar-refractivity contribution < 1.29 is 4.74 Å². The number of rotatable bonds is 5. The van der Waals surface area contributed by atoms with Gasteiger partial charge in [0.2, 0.25) is 0 Å². The lowest BCUT2D eigenvalue weighted by Crippen LogP contribution is -2.08. The minimum absolute atomic E-state index is 0.481. The van der Waals surface area contributed by atoms with Crippen molar-refractivity contribution in [3.8, 4) is 5.75 Å². The van der Waals surface area contributed by atoms with Gasteiger partial charge in [-0.3, -0.25) is 0 Å². The SMILES string of the molecule is C=C(Br)COc1ccc2ccccc2c1CNC. The van der Waals surface area contributed by atoms with Gasteiger partial charge in [-0.1, -0.05) is 52.8 Å². The third-order valence-electron chi connectivity index (χ3n) is 2.74. The summed E-state index contributed by atoms with van der Waals surface area (Å²) >= 11 is 3.31. The zero-order valence-corrected chi connectivity index (χ0v) is 12.0. The lowest BCUT2D eigenvalue weighted by molar-refractivity contribution is 0.357. The van der Waals surface area contributed by atoms with Crippen LogP contribution in [0.5, 0.6) is 5.75 Å². The van der Waals surface area contributed by atoms with Crippen LogP contribution in [-0.4, -0.2) is 13.7 Å². The van der Waals surface area contributed by atoms with Gasteiger partial charge in [-0.05, 0) is 23.9 Å². The largest absolute Gasteiger partial charge is 0.488 e. The first-order valence-electron chi connectivity index (χ1n) is 5.83. The van der Waals surface area contributed by atoms with Crippen molar-refractivity contribution in [1.29, 1.82) is 0 Å². The van der Waals surface area contributed by atoms with Crippen molar-refractivity contribution in [1.82, 2.24) is 5.32 Å². The second-order valence-corrected chi connectivity index (χ2v) is 5.22. The Balaban J connectivity index is 2.44. The van der Waals surface area contributed by atoms with E-state index in [9.17, 15) is 0 Å². The van der Waals surface area contributed by atoms with E-state index in [2.05, 4.69) is 52.1 Å². The molecule has 3 heteroatoms. The zero-order chi connectivity index (χ0) is 13.0. The van der Waals surface area contributed by atoms with Crippen LogP contribution in [0.1, 0.15) is 5.56 Å². The van der Waals surface area contributed by atoms with E-state index in [1.807, 2.05) is 19.2 Å². The number of benzene rings is 2. The molecule has 0 saturated carbocycles. The van der Waals surface area contributed by atoms with Gasteiger partial charge in [-0.15, -0.1) is 0 Å². The Morgan fingerprint density at radius 2 is 2.06 bits per heavy atom. The van der Waals surface area contributed by atoms with Crippen molar-refractivity contribution in [3.63, 3.8) is 0 Å². The van der Waals surface area contributed by atoms with Gasteiger partial charge in [0, 0.05) is 16.6 Å². The van der Waals surface area contributed by atoms with E-state index in [-0.39, 0.29) is 0 Å². The van der Waals surface area contributed by atoms with Crippen LogP contribution in [-0.2, 0) is 6.54 Å². The molecule has 18 heavy (non-hydrogen) atoms. The molecule has 0 spiro atoms. The molecule has 2 aromatic rings. The molecule has 0 amide bonds. The molecule has 0 aliphatic heterocycles. The minimum atomic E-state index is 0.481. The van der Waals surface area contributed by atoms with Crippen LogP contribution in [0.25, 0.3) is 10.8 Å². The van der Waals surface area contributed by atoms with E-state index in [1.54, 1.807) is 0 Å². The fourth-order valence-electron chi connectivity index (χ4n) is 1.97. The number of hydrogen-bond acceptors (Lipinski definition) is 2. The Hall–Kier alpha value is -1.32. The summed E-state index contributed by atoms with van der Waals surface area (Å²) in [5, 5.41) is 5.65. The molecule has 0 heterocycles. The molecule has 2 aromatic carbocycles. The van der Waals surface area contributed by atoms with Gasteiger partial charge >= 0.3 is 0 Å². The van der Waals surface area contributed by atoms with Crippen molar-refractivity contribution in [2.75, 3.05) is 13.7 Å². The molecule has 0 atom stereocenters. The summed E-state index contributed by atoms with van der Waals surface area (Å²) in [6, 6.07) is 12.4. The highest BCUT2D eigenvalue weighted by molar-refractivity contribution is 9.11. The standard InChI is InChI=1S/C15H16BrNO/c1-11(16)10-18-15-8-7-12-5-3-4-6-13(12)14(15)9-17-2/h3-8,17H,1,9-10H2,2H3. The Labute approximate surface area is 116 Å². The average molecular weight is 306 g/mol. The smallest absolute Gasteiger partial charge is 0.124 e. The molecule has 0 bridgehead atoms. The van der Waals surface area contributed by atoms with Gasteiger partial charge in [0.25, 0.3) is 0 Å². The predicted octanol–water partition coefficient (Wildman–Crippen LogP) is 3.85. The maximum absolute atomic E-state index is 5.77. The van der Waals surface area contributed by atoms with Crippen LogP contribution in [0.15, 0.2) is 47.5 Å². The molecule has 1 N–H and O–H groups in total. The van der Waals surface area contributed by atoms with E-state index >= 15 is 0 Å². The minimum Gasteiger partial charge on any atom is -0.488 e. The molecular weight excluding hydrogens is 290 g/mol. The van der Waals surface area contributed by atoms with Gasteiger partial charge in [0.1, 0.15) is 12.4 Å². The average Bonchev–Trinajstić information content (AvgIpc) is 2.38. The Kier molecular flexibility index (Phi) is 4.39. The van der Waals surface area contributed by atoms with E-state index in [1.165, 1.54) is 16.3 Å². The van der Waals surface area contributed by atoms with E-state index in [0.717, 1.165) is 16.8 Å². The Morgan fingerprint density at radius 1 is 1.28 bits per heavy atom. The zero-order valence-electron chi connectivity index (χ0n) is 10.4. The molecule has 0 fully saturated rings. The highest BCUT2D eigenvalue weighted by Crippen LogP contribution is 2.28. The second-order valence-electron chi connectivity index (χ2n) is 4.10. The van der Waals surface area contributed by atoms with Crippen LogP contribution in [0, 0.1) is 0 Å². The van der Waals surface area contributed by atoms with Crippen molar-refractivity contribution >= 4 is 26.7 Å². The molecule has 94 valence electrons. The second kappa shape index (κ2) is 6.03. The highest BCUT2D eigenvalue weighted by Gasteiger charge is 2.08. The van der Waals surface area contributed by atoms with Crippen molar-refractivity contribution in [2.45, 2.75) is 6.54 Å². The summed E-state index contributed by atoms with van der Waals surface area (Å²) in [6.07, 6.45) is 0. The first-order valence-corrected chi connectivity index (χ1v) is 6.63. The van der Waals surface area contributed by atoms with E-state index in [4.69, 9.17) is 4.74 Å². The molecule has 2 nitrogen and oxygen atoms in total. The number of halogens is 1. The molecule has 0 aliphatic carbocycles. The van der Waals surface area contributed by atoms with Crippen LogP contribution in [0.2, 0.25) is 0 Å². The summed E-state index contributed by atoms with van der Waals surface area (Å²) < 4.78 is 6.61. The summed E-state index contributed by atoms with van der Waals surface area (Å²) in [6.45, 7) is 5.05.